The van der Waals surface area contributed by atoms with Gasteiger partial charge in [0.2, 0.25) is 0 Å². The third kappa shape index (κ3) is 3.96. The Hall–Kier alpha value is -0.0551. The van der Waals surface area contributed by atoms with Gasteiger partial charge in [-0.05, 0) is 72.9 Å². The zero-order valence-electron chi connectivity index (χ0n) is 13.2. The molecule has 4 heteroatoms. The molecule has 2 aliphatic heterocycles. The molecule has 0 N–H and O–H groups in total. The van der Waals surface area contributed by atoms with Gasteiger partial charge in [-0.2, -0.15) is 0 Å². The van der Waals surface area contributed by atoms with Gasteiger partial charge in [0.1, 0.15) is 0 Å². The highest BCUT2D eigenvalue weighted by molar-refractivity contribution is 6.45. The van der Waals surface area contributed by atoms with Crippen LogP contribution in [-0.4, -0.2) is 42.9 Å². The Bertz CT molecular complexity index is 270. The molecule has 0 aliphatic carbocycles. The van der Waals surface area contributed by atoms with Gasteiger partial charge >= 0.3 is 7.12 Å². The maximum Gasteiger partial charge on any atom is 0.457 e. The topological polar surface area (TPSA) is 21.7 Å². The highest BCUT2D eigenvalue weighted by Crippen LogP contribution is 2.37. The highest BCUT2D eigenvalue weighted by Gasteiger charge is 2.50. The van der Waals surface area contributed by atoms with Gasteiger partial charge in [0, 0.05) is 0 Å². The van der Waals surface area contributed by atoms with Crippen LogP contribution in [0.3, 0.4) is 0 Å². The van der Waals surface area contributed by atoms with Gasteiger partial charge < -0.3 is 14.2 Å². The summed E-state index contributed by atoms with van der Waals surface area (Å²) >= 11 is 0. The van der Waals surface area contributed by atoms with E-state index >= 15 is 0 Å². The predicted molar refractivity (Wildman–Crippen MR) is 80.4 cm³/mol. The number of hydrogen-bond acceptors (Lipinski definition) is 3. The molecular formula is C15H30BNO2. The van der Waals surface area contributed by atoms with E-state index in [0.29, 0.717) is 0 Å². The van der Waals surface area contributed by atoms with Crippen LogP contribution >= 0.6 is 0 Å². The van der Waals surface area contributed by atoms with Crippen molar-refractivity contribution in [3.05, 3.63) is 0 Å². The second-order valence-corrected chi connectivity index (χ2v) is 7.08. The van der Waals surface area contributed by atoms with E-state index in [0.717, 1.165) is 6.32 Å². The van der Waals surface area contributed by atoms with Crippen molar-refractivity contribution in [1.82, 2.24) is 4.90 Å². The lowest BCUT2D eigenvalue weighted by Gasteiger charge is -2.32. The zero-order valence-corrected chi connectivity index (χ0v) is 13.2. The van der Waals surface area contributed by atoms with Crippen molar-refractivity contribution in [3.63, 3.8) is 0 Å². The quantitative estimate of drug-likeness (QED) is 0.729. The van der Waals surface area contributed by atoms with Crippen molar-refractivity contribution in [2.75, 3.05) is 19.6 Å². The maximum atomic E-state index is 6.04. The highest BCUT2D eigenvalue weighted by atomic mass is 16.7. The first-order valence-corrected chi connectivity index (χ1v) is 7.99. The summed E-state index contributed by atoms with van der Waals surface area (Å²) in [6.07, 6.45) is 7.76. The van der Waals surface area contributed by atoms with E-state index < -0.39 is 0 Å². The predicted octanol–water partition coefficient (Wildman–Crippen LogP) is 3.34. The van der Waals surface area contributed by atoms with Crippen molar-refractivity contribution in [2.45, 2.75) is 77.3 Å². The Morgan fingerprint density at radius 2 is 1.42 bits per heavy atom. The molecule has 0 atom stereocenters. The average molecular weight is 267 g/mol. The molecule has 0 amide bonds. The van der Waals surface area contributed by atoms with Gasteiger partial charge in [0.25, 0.3) is 0 Å². The molecule has 0 unspecified atom stereocenters. The summed E-state index contributed by atoms with van der Waals surface area (Å²) in [7, 11) is -0.0167. The van der Waals surface area contributed by atoms with Gasteiger partial charge in [-0.25, -0.2) is 0 Å². The SMILES string of the molecule is CC1(C)OB(CCCN2CCCCCC2)OC1(C)C. The summed E-state index contributed by atoms with van der Waals surface area (Å²) in [5.74, 6) is 0. The van der Waals surface area contributed by atoms with E-state index in [9.17, 15) is 0 Å². The van der Waals surface area contributed by atoms with E-state index in [1.165, 1.54) is 51.7 Å². The minimum absolute atomic E-state index is 0.0167. The van der Waals surface area contributed by atoms with Crippen LogP contribution in [0, 0.1) is 0 Å². The molecule has 0 aromatic rings. The molecule has 0 aromatic heterocycles. The van der Waals surface area contributed by atoms with Gasteiger partial charge in [-0.15, -0.1) is 0 Å². The maximum absolute atomic E-state index is 6.04. The lowest BCUT2D eigenvalue weighted by Crippen LogP contribution is -2.41. The fraction of sp³-hybridized carbons (Fsp3) is 1.00. The summed E-state index contributed by atoms with van der Waals surface area (Å²) < 4.78 is 12.1. The van der Waals surface area contributed by atoms with Crippen LogP contribution in [0.4, 0.5) is 0 Å². The second kappa shape index (κ2) is 6.15. The second-order valence-electron chi connectivity index (χ2n) is 7.08. The van der Waals surface area contributed by atoms with Crippen LogP contribution in [0.15, 0.2) is 0 Å². The molecule has 0 bridgehead atoms. The third-order valence-corrected chi connectivity index (χ3v) is 4.91. The molecule has 0 spiro atoms. The van der Waals surface area contributed by atoms with Crippen LogP contribution in [0.25, 0.3) is 0 Å². The molecule has 0 radical (unpaired) electrons. The molecule has 2 rings (SSSR count). The fourth-order valence-corrected chi connectivity index (χ4v) is 2.92. The molecule has 2 saturated heterocycles. The van der Waals surface area contributed by atoms with Gasteiger partial charge in [0.15, 0.2) is 0 Å². The monoisotopic (exact) mass is 267 g/mol. The normalized spacial score (nSPS) is 27.5. The zero-order chi connectivity index (χ0) is 13.9. The molecule has 0 saturated carbocycles. The van der Waals surface area contributed by atoms with Crippen molar-refractivity contribution in [3.8, 4) is 0 Å². The molecule has 2 fully saturated rings. The summed E-state index contributed by atoms with van der Waals surface area (Å²) in [4.78, 5) is 2.61. The molecule has 0 aromatic carbocycles. The van der Waals surface area contributed by atoms with Crippen LogP contribution < -0.4 is 0 Å². The fourth-order valence-electron chi connectivity index (χ4n) is 2.92. The van der Waals surface area contributed by atoms with E-state index in [1.54, 1.807) is 0 Å². The van der Waals surface area contributed by atoms with Crippen molar-refractivity contribution < 1.29 is 9.31 Å². The summed E-state index contributed by atoms with van der Waals surface area (Å²) in [6.45, 7) is 12.3. The van der Waals surface area contributed by atoms with Crippen LogP contribution in [0.2, 0.25) is 6.32 Å². The number of hydrogen-bond donors (Lipinski definition) is 0. The Balaban J connectivity index is 1.69. The molecular weight excluding hydrogens is 237 g/mol. The smallest absolute Gasteiger partial charge is 0.403 e. The van der Waals surface area contributed by atoms with Crippen LogP contribution in [-0.2, 0) is 9.31 Å². The molecule has 19 heavy (non-hydrogen) atoms. The number of likely N-dealkylation sites (tertiary alicyclic amines) is 1. The first kappa shape index (κ1) is 15.3. The first-order chi connectivity index (χ1) is 8.91. The number of rotatable bonds is 4. The molecule has 110 valence electrons. The summed E-state index contributed by atoms with van der Waals surface area (Å²) in [6, 6.07) is 0. The van der Waals surface area contributed by atoms with Crippen molar-refractivity contribution in [1.29, 1.82) is 0 Å². The van der Waals surface area contributed by atoms with Crippen molar-refractivity contribution >= 4 is 7.12 Å². The van der Waals surface area contributed by atoms with E-state index in [1.807, 2.05) is 0 Å². The van der Waals surface area contributed by atoms with E-state index in [-0.39, 0.29) is 18.3 Å². The summed E-state index contributed by atoms with van der Waals surface area (Å²) in [5, 5.41) is 0. The standard InChI is InChI=1S/C15H30BNO2/c1-14(2)15(3,4)19-16(18-14)10-9-13-17-11-7-5-6-8-12-17/h5-13H2,1-4H3. The van der Waals surface area contributed by atoms with E-state index in [4.69, 9.17) is 9.31 Å². The minimum Gasteiger partial charge on any atom is -0.403 e. The lowest BCUT2D eigenvalue weighted by molar-refractivity contribution is 0.00578. The average Bonchev–Trinajstić information content (AvgIpc) is 2.49. The van der Waals surface area contributed by atoms with Gasteiger partial charge in [0.05, 0.1) is 11.2 Å². The molecule has 2 aliphatic rings. The molecule has 2 heterocycles. The van der Waals surface area contributed by atoms with Crippen molar-refractivity contribution in [2.24, 2.45) is 0 Å². The Kier molecular flexibility index (Phi) is 4.96. The summed E-state index contributed by atoms with van der Waals surface area (Å²) in [5.41, 5.74) is -0.361. The van der Waals surface area contributed by atoms with Crippen LogP contribution in [0.1, 0.15) is 59.8 Å². The van der Waals surface area contributed by atoms with Crippen LogP contribution in [0.5, 0.6) is 0 Å². The first-order valence-electron chi connectivity index (χ1n) is 7.99. The Labute approximate surface area is 119 Å². The molecule has 3 nitrogen and oxygen atoms in total. The van der Waals surface area contributed by atoms with Gasteiger partial charge in [-0.3, -0.25) is 0 Å². The Morgan fingerprint density at radius 1 is 0.895 bits per heavy atom. The van der Waals surface area contributed by atoms with E-state index in [2.05, 4.69) is 32.6 Å². The lowest BCUT2D eigenvalue weighted by atomic mass is 9.83. The minimum atomic E-state index is -0.180. The third-order valence-electron chi connectivity index (χ3n) is 4.91. The number of nitrogens with zero attached hydrogens (tertiary/aromatic N) is 1. The Morgan fingerprint density at radius 3 is 1.95 bits per heavy atom. The largest absolute Gasteiger partial charge is 0.457 e. The van der Waals surface area contributed by atoms with Gasteiger partial charge in [-0.1, -0.05) is 12.8 Å².